The van der Waals surface area contributed by atoms with Crippen molar-refractivity contribution < 1.29 is 4.39 Å². The first kappa shape index (κ1) is 14.3. The summed E-state index contributed by atoms with van der Waals surface area (Å²) < 4.78 is 15.1. The molecular formula is C16H14FN7. The lowest BCUT2D eigenvalue weighted by Crippen LogP contribution is -2.36. The fourth-order valence-corrected chi connectivity index (χ4v) is 2.57. The fraction of sp³-hybridized carbons (Fsp3) is 0.125. The zero-order valence-corrected chi connectivity index (χ0v) is 12.8. The number of fused-ring (bicyclic) bond motifs is 1. The molecule has 0 amide bonds. The monoisotopic (exact) mass is 323 g/mol. The minimum absolute atomic E-state index is 0.369. The number of hydrogen-bond acceptors (Lipinski definition) is 6. The standard InChI is InChI=1S/C16H14FN7/c1-10-7-13(22-15(17)20-10)23-16-21-12(11-5-3-2-4-6-11)8-14-18-9-19-24(14)16/h2-9,16,21H,1H3,(H,20,22,23). The smallest absolute Gasteiger partial charge is 0.310 e. The van der Waals surface area contributed by atoms with Crippen molar-refractivity contribution in [3.8, 4) is 0 Å². The van der Waals surface area contributed by atoms with Crippen LogP contribution in [0.4, 0.5) is 10.2 Å². The summed E-state index contributed by atoms with van der Waals surface area (Å²) in [5, 5.41) is 10.7. The number of rotatable bonds is 3. The molecule has 1 aliphatic rings. The third-order valence-corrected chi connectivity index (χ3v) is 3.61. The minimum Gasteiger partial charge on any atom is -0.346 e. The van der Waals surface area contributed by atoms with Crippen molar-refractivity contribution in [2.75, 3.05) is 5.32 Å². The number of benzene rings is 1. The van der Waals surface area contributed by atoms with Crippen LogP contribution in [-0.2, 0) is 0 Å². The highest BCUT2D eigenvalue weighted by molar-refractivity contribution is 5.79. The van der Waals surface area contributed by atoms with Crippen LogP contribution in [0.15, 0.2) is 42.7 Å². The number of halogens is 1. The first-order valence-corrected chi connectivity index (χ1v) is 7.40. The lowest BCUT2D eigenvalue weighted by atomic mass is 10.1. The number of anilines is 1. The lowest BCUT2D eigenvalue weighted by molar-refractivity contribution is 0.452. The summed E-state index contributed by atoms with van der Waals surface area (Å²) in [4.78, 5) is 11.7. The Morgan fingerprint density at radius 1 is 1.21 bits per heavy atom. The Balaban J connectivity index is 1.68. The van der Waals surface area contributed by atoms with E-state index in [4.69, 9.17) is 0 Å². The minimum atomic E-state index is -0.772. The van der Waals surface area contributed by atoms with E-state index in [0.29, 0.717) is 17.3 Å². The molecular weight excluding hydrogens is 309 g/mol. The van der Waals surface area contributed by atoms with Gasteiger partial charge in [-0.15, -0.1) is 0 Å². The molecule has 0 radical (unpaired) electrons. The predicted molar refractivity (Wildman–Crippen MR) is 86.9 cm³/mol. The van der Waals surface area contributed by atoms with Gasteiger partial charge < -0.3 is 10.6 Å². The normalized spacial score (nSPS) is 16.1. The van der Waals surface area contributed by atoms with Gasteiger partial charge in [0.15, 0.2) is 12.1 Å². The molecule has 2 N–H and O–H groups in total. The average molecular weight is 323 g/mol. The number of aryl methyl sites for hydroxylation is 1. The second kappa shape index (κ2) is 5.73. The Hall–Kier alpha value is -3.29. The maximum Gasteiger partial charge on any atom is 0.310 e. The second-order valence-corrected chi connectivity index (χ2v) is 5.34. The SMILES string of the molecule is Cc1cc(NC2NC(c3ccccc3)=Cc3ncnn32)nc(F)n1. The van der Waals surface area contributed by atoms with Crippen molar-refractivity contribution in [2.24, 2.45) is 0 Å². The maximum atomic E-state index is 13.4. The zero-order chi connectivity index (χ0) is 16.5. The van der Waals surface area contributed by atoms with E-state index in [9.17, 15) is 4.39 Å². The van der Waals surface area contributed by atoms with Gasteiger partial charge in [-0.3, -0.25) is 0 Å². The van der Waals surface area contributed by atoms with Crippen molar-refractivity contribution >= 4 is 17.6 Å². The van der Waals surface area contributed by atoms with Gasteiger partial charge in [-0.05, 0) is 12.5 Å². The Morgan fingerprint density at radius 3 is 2.83 bits per heavy atom. The van der Waals surface area contributed by atoms with Crippen molar-refractivity contribution in [1.82, 2.24) is 30.0 Å². The first-order valence-electron chi connectivity index (χ1n) is 7.40. The summed E-state index contributed by atoms with van der Waals surface area (Å²) in [6, 6.07) is 11.5. The topological polar surface area (TPSA) is 80.5 Å². The second-order valence-electron chi connectivity index (χ2n) is 5.34. The molecule has 120 valence electrons. The highest BCUT2D eigenvalue weighted by Crippen LogP contribution is 2.24. The molecule has 0 fully saturated rings. The van der Waals surface area contributed by atoms with Crippen LogP contribution >= 0.6 is 0 Å². The Morgan fingerprint density at radius 2 is 2.04 bits per heavy atom. The van der Waals surface area contributed by atoms with Gasteiger partial charge in [-0.1, -0.05) is 30.3 Å². The molecule has 0 saturated heterocycles. The molecule has 0 bridgehead atoms. The van der Waals surface area contributed by atoms with Crippen LogP contribution in [0.3, 0.4) is 0 Å². The molecule has 1 aliphatic heterocycles. The molecule has 0 saturated carbocycles. The molecule has 1 atom stereocenters. The van der Waals surface area contributed by atoms with Crippen LogP contribution in [0.1, 0.15) is 23.4 Å². The van der Waals surface area contributed by atoms with Crippen LogP contribution < -0.4 is 10.6 Å². The van der Waals surface area contributed by atoms with E-state index >= 15 is 0 Å². The van der Waals surface area contributed by atoms with E-state index in [1.807, 2.05) is 36.4 Å². The average Bonchev–Trinajstić information content (AvgIpc) is 3.03. The molecule has 1 aromatic carbocycles. The number of aromatic nitrogens is 5. The van der Waals surface area contributed by atoms with Gasteiger partial charge in [0.25, 0.3) is 0 Å². The molecule has 7 nitrogen and oxygen atoms in total. The van der Waals surface area contributed by atoms with Crippen molar-refractivity contribution in [2.45, 2.75) is 13.2 Å². The van der Waals surface area contributed by atoms with Crippen LogP contribution in [0.25, 0.3) is 11.8 Å². The van der Waals surface area contributed by atoms with E-state index < -0.39 is 12.4 Å². The molecule has 3 aromatic rings. The summed E-state index contributed by atoms with van der Waals surface area (Å²) in [5.41, 5.74) is 2.45. The van der Waals surface area contributed by atoms with Gasteiger partial charge in [0.2, 0.25) is 0 Å². The van der Waals surface area contributed by atoms with E-state index in [1.54, 1.807) is 17.7 Å². The van der Waals surface area contributed by atoms with E-state index in [-0.39, 0.29) is 0 Å². The summed E-state index contributed by atoms with van der Waals surface area (Å²) in [6.45, 7) is 1.71. The molecule has 24 heavy (non-hydrogen) atoms. The molecule has 2 aromatic heterocycles. The van der Waals surface area contributed by atoms with Gasteiger partial charge in [0, 0.05) is 23.5 Å². The van der Waals surface area contributed by atoms with Crippen LogP contribution in [0.5, 0.6) is 0 Å². The molecule has 4 rings (SSSR count). The maximum absolute atomic E-state index is 13.4. The van der Waals surface area contributed by atoms with Crippen molar-refractivity contribution in [3.63, 3.8) is 0 Å². The van der Waals surface area contributed by atoms with Gasteiger partial charge in [-0.25, -0.2) is 14.6 Å². The number of hydrogen-bond donors (Lipinski definition) is 2. The fourth-order valence-electron chi connectivity index (χ4n) is 2.57. The summed E-state index contributed by atoms with van der Waals surface area (Å²) in [5.74, 6) is 1.06. The van der Waals surface area contributed by atoms with Gasteiger partial charge in [0.05, 0.1) is 0 Å². The number of nitrogens with zero attached hydrogens (tertiary/aromatic N) is 5. The molecule has 0 aliphatic carbocycles. The summed E-state index contributed by atoms with van der Waals surface area (Å²) in [6.07, 6.45) is 2.16. The number of nitrogens with one attached hydrogen (secondary N) is 2. The predicted octanol–water partition coefficient (Wildman–Crippen LogP) is 2.19. The first-order chi connectivity index (χ1) is 11.7. The Bertz CT molecular complexity index is 884. The van der Waals surface area contributed by atoms with Gasteiger partial charge in [0.1, 0.15) is 12.1 Å². The van der Waals surface area contributed by atoms with Crippen molar-refractivity contribution in [1.29, 1.82) is 0 Å². The molecule has 8 heteroatoms. The van der Waals surface area contributed by atoms with Gasteiger partial charge >= 0.3 is 6.08 Å². The quantitative estimate of drug-likeness (QED) is 0.719. The van der Waals surface area contributed by atoms with Crippen LogP contribution in [0, 0.1) is 13.0 Å². The van der Waals surface area contributed by atoms with Crippen LogP contribution in [-0.4, -0.2) is 24.7 Å². The van der Waals surface area contributed by atoms with Crippen molar-refractivity contribution in [3.05, 3.63) is 65.9 Å². The summed E-state index contributed by atoms with van der Waals surface area (Å²) >= 11 is 0. The molecule has 0 spiro atoms. The Kier molecular flexibility index (Phi) is 3.42. The third-order valence-electron chi connectivity index (χ3n) is 3.61. The molecule has 3 heterocycles. The zero-order valence-electron chi connectivity index (χ0n) is 12.8. The summed E-state index contributed by atoms with van der Waals surface area (Å²) in [7, 11) is 0. The van der Waals surface area contributed by atoms with E-state index in [2.05, 4.69) is 30.7 Å². The van der Waals surface area contributed by atoms with Crippen LogP contribution in [0.2, 0.25) is 0 Å². The Labute approximate surface area is 137 Å². The highest BCUT2D eigenvalue weighted by Gasteiger charge is 2.22. The lowest BCUT2D eigenvalue weighted by Gasteiger charge is -2.27. The molecule has 1 unspecified atom stereocenters. The van der Waals surface area contributed by atoms with Gasteiger partial charge in [-0.2, -0.15) is 14.5 Å². The third kappa shape index (κ3) is 2.69. The highest BCUT2D eigenvalue weighted by atomic mass is 19.1. The van der Waals surface area contributed by atoms with E-state index in [0.717, 1.165) is 11.3 Å². The largest absolute Gasteiger partial charge is 0.346 e. The van der Waals surface area contributed by atoms with E-state index in [1.165, 1.54) is 6.33 Å².